The molecule has 1 aromatic carbocycles. The Bertz CT molecular complexity index is 387. The first kappa shape index (κ1) is 13.4. The fraction of sp³-hybridized carbons (Fsp3) is 0.385. The SMILES string of the molecule is CC(C)C(=O)CNC(=O)[C@H](O)c1ccccc1. The van der Waals surface area contributed by atoms with Crippen molar-refractivity contribution < 1.29 is 14.7 Å². The molecule has 0 bridgehead atoms. The number of carbonyl (C=O) groups excluding carboxylic acids is 2. The Kier molecular flexibility index (Phi) is 4.84. The highest BCUT2D eigenvalue weighted by Gasteiger charge is 2.18. The standard InChI is InChI=1S/C13H17NO3/c1-9(2)11(15)8-14-13(17)12(16)10-6-4-3-5-7-10/h3-7,9,12,16H,8H2,1-2H3,(H,14,17)/t12-/m1/s1. The lowest BCUT2D eigenvalue weighted by atomic mass is 10.1. The van der Waals surface area contributed by atoms with Crippen molar-refractivity contribution in [2.24, 2.45) is 5.92 Å². The Morgan fingerprint density at radius 3 is 2.35 bits per heavy atom. The van der Waals surface area contributed by atoms with Crippen LogP contribution in [0.25, 0.3) is 0 Å². The minimum absolute atomic E-state index is 0.0413. The number of Topliss-reactive ketones (excluding diaryl/α,β-unsaturated/α-hetero) is 1. The highest BCUT2D eigenvalue weighted by atomic mass is 16.3. The Morgan fingerprint density at radius 2 is 1.82 bits per heavy atom. The Labute approximate surface area is 101 Å². The second kappa shape index (κ2) is 6.15. The molecule has 0 aliphatic rings. The smallest absolute Gasteiger partial charge is 0.253 e. The van der Waals surface area contributed by atoms with Gasteiger partial charge in [0.05, 0.1) is 6.54 Å². The van der Waals surface area contributed by atoms with Gasteiger partial charge in [0.25, 0.3) is 5.91 Å². The van der Waals surface area contributed by atoms with E-state index in [-0.39, 0.29) is 18.2 Å². The molecule has 0 heterocycles. The first-order valence-corrected chi connectivity index (χ1v) is 5.55. The van der Waals surface area contributed by atoms with Crippen LogP contribution in [-0.2, 0) is 9.59 Å². The zero-order chi connectivity index (χ0) is 12.8. The fourth-order valence-corrected chi connectivity index (χ4v) is 1.26. The summed E-state index contributed by atoms with van der Waals surface area (Å²) < 4.78 is 0. The molecule has 0 unspecified atom stereocenters. The van der Waals surface area contributed by atoms with Crippen molar-refractivity contribution in [1.29, 1.82) is 0 Å². The van der Waals surface area contributed by atoms with Gasteiger partial charge in [-0.05, 0) is 5.56 Å². The average Bonchev–Trinajstić information content (AvgIpc) is 2.35. The minimum atomic E-state index is -1.23. The van der Waals surface area contributed by atoms with E-state index in [4.69, 9.17) is 0 Å². The normalized spacial score (nSPS) is 12.2. The van der Waals surface area contributed by atoms with E-state index in [0.29, 0.717) is 5.56 Å². The topological polar surface area (TPSA) is 66.4 Å². The van der Waals surface area contributed by atoms with Gasteiger partial charge in [-0.25, -0.2) is 0 Å². The lowest BCUT2D eigenvalue weighted by molar-refractivity contribution is -0.132. The molecule has 2 N–H and O–H groups in total. The van der Waals surface area contributed by atoms with Crippen molar-refractivity contribution in [2.75, 3.05) is 6.54 Å². The predicted octanol–water partition coefficient (Wildman–Crippen LogP) is 1.06. The van der Waals surface area contributed by atoms with Gasteiger partial charge in [0.15, 0.2) is 11.9 Å². The molecule has 1 aromatic rings. The van der Waals surface area contributed by atoms with E-state index >= 15 is 0 Å². The maximum absolute atomic E-state index is 11.6. The number of nitrogens with one attached hydrogen (secondary N) is 1. The molecular weight excluding hydrogens is 218 g/mol. The van der Waals surface area contributed by atoms with Crippen LogP contribution in [0.3, 0.4) is 0 Å². The number of ketones is 1. The molecule has 1 atom stereocenters. The molecule has 17 heavy (non-hydrogen) atoms. The van der Waals surface area contributed by atoms with Gasteiger partial charge in [0.2, 0.25) is 0 Å². The summed E-state index contributed by atoms with van der Waals surface area (Å²) in [5, 5.41) is 12.1. The summed E-state index contributed by atoms with van der Waals surface area (Å²) in [7, 11) is 0. The Hall–Kier alpha value is -1.68. The van der Waals surface area contributed by atoms with Crippen LogP contribution >= 0.6 is 0 Å². The Balaban J connectivity index is 2.51. The number of benzene rings is 1. The van der Waals surface area contributed by atoms with Gasteiger partial charge in [-0.15, -0.1) is 0 Å². The van der Waals surface area contributed by atoms with E-state index in [1.807, 2.05) is 0 Å². The van der Waals surface area contributed by atoms with Crippen LogP contribution in [0, 0.1) is 5.92 Å². The quantitative estimate of drug-likeness (QED) is 0.802. The lowest BCUT2D eigenvalue weighted by Crippen LogP contribution is -2.35. The van der Waals surface area contributed by atoms with Crippen LogP contribution in [-0.4, -0.2) is 23.3 Å². The molecule has 92 valence electrons. The molecule has 0 aromatic heterocycles. The number of carbonyl (C=O) groups is 2. The van der Waals surface area contributed by atoms with E-state index in [2.05, 4.69) is 5.32 Å². The van der Waals surface area contributed by atoms with Crippen molar-refractivity contribution >= 4 is 11.7 Å². The molecule has 4 nitrogen and oxygen atoms in total. The zero-order valence-corrected chi connectivity index (χ0v) is 10.0. The van der Waals surface area contributed by atoms with E-state index in [9.17, 15) is 14.7 Å². The number of hydrogen-bond donors (Lipinski definition) is 2. The maximum atomic E-state index is 11.6. The first-order valence-electron chi connectivity index (χ1n) is 5.55. The van der Waals surface area contributed by atoms with E-state index in [1.165, 1.54) is 0 Å². The van der Waals surface area contributed by atoms with E-state index in [0.717, 1.165) is 0 Å². The Morgan fingerprint density at radius 1 is 1.24 bits per heavy atom. The molecule has 1 rings (SSSR count). The van der Waals surface area contributed by atoms with E-state index < -0.39 is 12.0 Å². The van der Waals surface area contributed by atoms with Gasteiger partial charge in [-0.2, -0.15) is 0 Å². The second-order valence-electron chi connectivity index (χ2n) is 4.15. The van der Waals surface area contributed by atoms with Crippen molar-refractivity contribution in [2.45, 2.75) is 20.0 Å². The fourth-order valence-electron chi connectivity index (χ4n) is 1.26. The summed E-state index contributed by atoms with van der Waals surface area (Å²) in [4.78, 5) is 22.9. The largest absolute Gasteiger partial charge is 0.378 e. The second-order valence-corrected chi connectivity index (χ2v) is 4.15. The van der Waals surface area contributed by atoms with Gasteiger partial charge in [-0.1, -0.05) is 44.2 Å². The zero-order valence-electron chi connectivity index (χ0n) is 10.0. The molecule has 0 saturated heterocycles. The first-order chi connectivity index (χ1) is 8.02. The van der Waals surface area contributed by atoms with Crippen molar-refractivity contribution in [3.63, 3.8) is 0 Å². The maximum Gasteiger partial charge on any atom is 0.253 e. The van der Waals surface area contributed by atoms with Crippen LogP contribution in [0.1, 0.15) is 25.5 Å². The third kappa shape index (κ3) is 4.00. The molecule has 0 aliphatic carbocycles. The van der Waals surface area contributed by atoms with Crippen molar-refractivity contribution in [3.05, 3.63) is 35.9 Å². The van der Waals surface area contributed by atoms with Gasteiger partial charge >= 0.3 is 0 Å². The summed E-state index contributed by atoms with van der Waals surface area (Å²) in [5.74, 6) is -0.729. The molecule has 0 fully saturated rings. The molecule has 0 saturated carbocycles. The number of aliphatic hydroxyl groups is 1. The molecule has 0 radical (unpaired) electrons. The van der Waals surface area contributed by atoms with Gasteiger partial charge in [0.1, 0.15) is 0 Å². The number of amides is 1. The van der Waals surface area contributed by atoms with Gasteiger partial charge in [-0.3, -0.25) is 9.59 Å². The summed E-state index contributed by atoms with van der Waals surface area (Å²) in [5.41, 5.74) is 0.516. The monoisotopic (exact) mass is 235 g/mol. The minimum Gasteiger partial charge on any atom is -0.378 e. The third-order valence-corrected chi connectivity index (χ3v) is 2.44. The third-order valence-electron chi connectivity index (χ3n) is 2.44. The number of hydrogen-bond acceptors (Lipinski definition) is 3. The average molecular weight is 235 g/mol. The summed E-state index contributed by atoms with van der Waals surface area (Å²) >= 11 is 0. The van der Waals surface area contributed by atoms with Crippen LogP contribution in [0.2, 0.25) is 0 Å². The summed E-state index contributed by atoms with van der Waals surface area (Å²) in [6, 6.07) is 8.61. The molecule has 0 spiro atoms. The van der Waals surface area contributed by atoms with Crippen molar-refractivity contribution in [1.82, 2.24) is 5.32 Å². The van der Waals surface area contributed by atoms with Crippen LogP contribution < -0.4 is 5.32 Å². The predicted molar refractivity (Wildman–Crippen MR) is 64.3 cm³/mol. The van der Waals surface area contributed by atoms with Gasteiger partial charge < -0.3 is 10.4 Å². The summed E-state index contributed by atoms with van der Waals surface area (Å²) in [6.07, 6.45) is -1.23. The number of rotatable bonds is 5. The molecule has 0 aliphatic heterocycles. The van der Waals surface area contributed by atoms with Gasteiger partial charge in [0, 0.05) is 5.92 Å². The molecule has 4 heteroatoms. The van der Waals surface area contributed by atoms with Crippen molar-refractivity contribution in [3.8, 4) is 0 Å². The number of aliphatic hydroxyl groups excluding tert-OH is 1. The molecule has 1 amide bonds. The lowest BCUT2D eigenvalue weighted by Gasteiger charge is -2.11. The highest BCUT2D eigenvalue weighted by molar-refractivity contribution is 5.89. The molecular formula is C13H17NO3. The highest BCUT2D eigenvalue weighted by Crippen LogP contribution is 2.11. The van der Waals surface area contributed by atoms with Crippen LogP contribution in [0.15, 0.2) is 30.3 Å². The van der Waals surface area contributed by atoms with Crippen LogP contribution in [0.5, 0.6) is 0 Å². The summed E-state index contributed by atoms with van der Waals surface area (Å²) in [6.45, 7) is 3.49. The van der Waals surface area contributed by atoms with E-state index in [1.54, 1.807) is 44.2 Å². The van der Waals surface area contributed by atoms with Crippen LogP contribution in [0.4, 0.5) is 0 Å².